The molecular formula is C94H112N12O18S3. The third-order valence-corrected chi connectivity index (χ3v) is 16.4. The number of pyridine rings is 1. The Kier molecular flexibility index (Phi) is 65.3. The molecule has 0 saturated carbocycles. The highest BCUT2D eigenvalue weighted by Gasteiger charge is 2.07. The predicted molar refractivity (Wildman–Crippen MR) is 511 cm³/mol. The van der Waals surface area contributed by atoms with Crippen LogP contribution in [-0.4, -0.2) is 251 Å². The van der Waals surface area contributed by atoms with Gasteiger partial charge in [-0.05, 0) is 130 Å². The molecular weight excluding hydrogens is 1680 g/mol. The van der Waals surface area contributed by atoms with Gasteiger partial charge in [-0.3, -0.25) is 83.5 Å². The molecule has 2 aromatic heterocycles. The Balaban J connectivity index is 0.000000733. The molecule has 33 heteroatoms. The monoisotopic (exact) mass is 1790 g/mol. The van der Waals surface area contributed by atoms with Gasteiger partial charge in [-0.1, -0.05) is 196 Å². The van der Waals surface area contributed by atoms with Gasteiger partial charge in [0, 0.05) is 87.4 Å². The van der Waals surface area contributed by atoms with Crippen LogP contribution in [0.4, 0.5) is 4.79 Å². The minimum absolute atomic E-state index is 0.00495. The number of amides is 1. The second-order valence-corrected chi connectivity index (χ2v) is 26.5. The van der Waals surface area contributed by atoms with Gasteiger partial charge in [0.15, 0.2) is 0 Å². The van der Waals surface area contributed by atoms with Crippen LogP contribution in [0.2, 0.25) is 0 Å². The van der Waals surface area contributed by atoms with Gasteiger partial charge in [-0.15, -0.1) is 11.3 Å². The number of hydrogen-bond donors (Lipinski definition) is 1. The van der Waals surface area contributed by atoms with E-state index >= 15 is 0 Å². The lowest BCUT2D eigenvalue weighted by atomic mass is 10.1. The fourth-order valence-corrected chi connectivity index (χ4v) is 9.27. The van der Waals surface area contributed by atoms with Gasteiger partial charge >= 0.3 is 53.8 Å². The normalized spacial score (nSPS) is 10.7. The number of hydrazone groups is 1. The van der Waals surface area contributed by atoms with E-state index in [4.69, 9.17) is 43.4 Å². The lowest BCUT2D eigenvalue weighted by Gasteiger charge is -2.01. The molecule has 0 atom stereocenters. The zero-order valence-electron chi connectivity index (χ0n) is 73.6. The van der Waals surface area contributed by atoms with Gasteiger partial charge in [0.2, 0.25) is 0 Å². The Hall–Kier alpha value is -13.9. The van der Waals surface area contributed by atoms with Crippen molar-refractivity contribution in [3.63, 3.8) is 0 Å². The molecule has 0 bridgehead atoms. The molecule has 0 saturated heterocycles. The summed E-state index contributed by atoms with van der Waals surface area (Å²) in [4.78, 5) is 142. The molecule has 30 nitrogen and oxygen atoms in total. The van der Waals surface area contributed by atoms with E-state index in [1.54, 1.807) is 120 Å². The quantitative estimate of drug-likeness (QED) is 0.0124. The molecule has 1 N–H and O–H groups in total. The number of carbonyl (C=O) groups is 9. The highest BCUT2D eigenvalue weighted by Crippen LogP contribution is 2.09. The van der Waals surface area contributed by atoms with E-state index in [0.717, 1.165) is 77.8 Å². The maximum atomic E-state index is 11.2. The van der Waals surface area contributed by atoms with Crippen LogP contribution in [0.25, 0.3) is 0 Å². The molecule has 1 amide bonds. The minimum Gasteiger partial charge on any atom is -0.468 e. The summed E-state index contributed by atoms with van der Waals surface area (Å²) in [7, 11) is 5.36. The number of aromatic nitrogens is 1. The number of benzene rings is 6. The van der Waals surface area contributed by atoms with Crippen molar-refractivity contribution in [1.82, 2.24) is 10.4 Å². The number of nitrogens with one attached hydrogen (secondary N) is 1. The summed E-state index contributed by atoms with van der Waals surface area (Å²) >= 11 is 11.8. The molecule has 674 valence electrons. The van der Waals surface area contributed by atoms with Crippen LogP contribution in [0.1, 0.15) is 134 Å². The van der Waals surface area contributed by atoms with Crippen molar-refractivity contribution in [3.8, 4) is 0 Å². The maximum absolute atomic E-state index is 11.2. The van der Waals surface area contributed by atoms with Crippen LogP contribution in [0.3, 0.4) is 0 Å². The number of carbonyl (C=O) groups excluding carboxylic acids is 9. The lowest BCUT2D eigenvalue weighted by molar-refractivity contribution is -0.142. The predicted octanol–water partition coefficient (Wildman–Crippen LogP) is 14.3. The van der Waals surface area contributed by atoms with E-state index in [9.17, 15) is 43.2 Å². The molecule has 0 unspecified atom stereocenters. The van der Waals surface area contributed by atoms with Gasteiger partial charge < -0.3 is 42.6 Å². The van der Waals surface area contributed by atoms with Crippen molar-refractivity contribution >= 4 is 161 Å². The van der Waals surface area contributed by atoms with Crippen LogP contribution in [-0.2, 0) is 76.2 Å². The van der Waals surface area contributed by atoms with Crippen molar-refractivity contribution in [2.45, 2.75) is 68.2 Å². The van der Waals surface area contributed by atoms with E-state index in [0.29, 0.717) is 45.1 Å². The summed E-state index contributed by atoms with van der Waals surface area (Å²) < 4.78 is 41.6. The highest BCUT2D eigenvalue weighted by atomic mass is 32.1. The summed E-state index contributed by atoms with van der Waals surface area (Å²) in [6.07, 6.45) is 17.4. The second kappa shape index (κ2) is 74.7. The van der Waals surface area contributed by atoms with Crippen LogP contribution in [0.5, 0.6) is 0 Å². The average molecular weight is 1790 g/mol. The molecule has 2 heterocycles. The van der Waals surface area contributed by atoms with E-state index in [1.807, 2.05) is 170 Å². The summed E-state index contributed by atoms with van der Waals surface area (Å²) in [6.45, 7) is 18.0. The largest absolute Gasteiger partial charge is 0.468 e. The van der Waals surface area contributed by atoms with Crippen LogP contribution in [0, 0.1) is 0 Å². The Morgan fingerprint density at radius 2 is 0.732 bits per heavy atom. The zero-order valence-corrected chi connectivity index (χ0v) is 76.1. The molecule has 8 aromatic rings. The van der Waals surface area contributed by atoms with E-state index in [1.165, 1.54) is 46.4 Å². The van der Waals surface area contributed by atoms with Gasteiger partial charge in [-0.2, -0.15) is 5.10 Å². The number of methoxy groups -OCH3 is 4. The number of ether oxygens (including phenoxy) is 9. The molecule has 0 spiro atoms. The van der Waals surface area contributed by atoms with Crippen molar-refractivity contribution in [2.24, 2.45) is 50.0 Å². The molecule has 0 aliphatic heterocycles. The number of thiophene rings is 1. The molecule has 0 radical (unpaired) electrons. The number of nitrogens with zero attached hydrogens (tertiary/aromatic N) is 11. The zero-order chi connectivity index (χ0) is 93.6. The van der Waals surface area contributed by atoms with Crippen LogP contribution in [0.15, 0.2) is 256 Å². The molecule has 0 fully saturated rings. The van der Waals surface area contributed by atoms with E-state index < -0.39 is 6.09 Å². The topological polar surface area (TPSA) is 385 Å². The van der Waals surface area contributed by atoms with Gasteiger partial charge in [0.25, 0.3) is 0 Å². The highest BCUT2D eigenvalue weighted by molar-refractivity contribution is 7.80. The third-order valence-electron chi connectivity index (χ3n) is 14.8. The number of thiocarbonyl (C=S) groups is 2. The molecule has 127 heavy (non-hydrogen) atoms. The number of aliphatic imine (C=N–C) groups is 9. The van der Waals surface area contributed by atoms with Crippen molar-refractivity contribution < 1.29 is 85.8 Å². The SMILES string of the molecule is CCC(=S)CN=C(C)c1ccccc1.CCC(=S)CN=Cc1ccccc1.CCOC(=O)CN=Cc1ccc(C(=O)OC)cc1.CCOC(=O)CN=Cc1cccc(C=NCC(=O)OCC)c1.CCOC(=O)CN=Cc1ccccc1/C=N/NC(=O)OCC.COC(=O)CN=Cc1ccccc1.COC(=O)CN=Cc1ccccn1.COC(=O)CN=Cc1cccs1. The maximum Gasteiger partial charge on any atom is 0.427 e. The van der Waals surface area contributed by atoms with Crippen LogP contribution < -0.4 is 5.43 Å². The Morgan fingerprint density at radius 3 is 1.15 bits per heavy atom. The lowest BCUT2D eigenvalue weighted by Crippen LogP contribution is -2.18. The molecule has 0 aliphatic carbocycles. The number of hydrogen-bond acceptors (Lipinski definition) is 32. The first-order chi connectivity index (χ1) is 61.5. The number of rotatable bonds is 37. The van der Waals surface area contributed by atoms with E-state index in [2.05, 4.69) is 110 Å². The third kappa shape index (κ3) is 60.3. The Labute approximate surface area is 757 Å². The average Bonchev–Trinajstić information content (AvgIpc) is 1.84. The van der Waals surface area contributed by atoms with Gasteiger partial charge in [0.05, 0.1) is 92.0 Å². The summed E-state index contributed by atoms with van der Waals surface area (Å²) in [5.41, 5.74) is 11.8. The smallest absolute Gasteiger partial charge is 0.427 e. The van der Waals surface area contributed by atoms with Crippen LogP contribution >= 0.6 is 35.8 Å². The van der Waals surface area contributed by atoms with Crippen molar-refractivity contribution in [3.05, 3.63) is 266 Å². The standard InChI is InChI=1S/C16H20N2O4.C15H19N3O4.C13H15NO4.C12H15NS.C11H13NS.C10H11NO2.C9H10N2O2.C8H9NO2S/c1-3-21-15(19)11-17-9-13-6-5-7-14(8-13)10-18-12-16(20)22-4-2;1-3-21-14(19)11-16-9-12-7-5-6-8-13(12)10-17-18-15(20)22-4-2;1-3-18-12(15)9-14-8-10-4-6-11(7-5-10)13(16)17-2;1-3-12(14)9-13-10(2)11-7-5-4-6-8-11;1-2-11(13)9-12-8-10-6-4-3-5-7-10;1-13-10(12)8-11-7-9-5-3-2-4-6-9;1-13-9(12)7-10-6-8-4-2-3-5-11-8;1-11-8(10)6-9-5-7-3-2-4-12-7/h5-10H,3-4,11-12H2,1-2H3;5-10H,3-4,11H2,1-2H3,(H,18,20);4-8H,3,9H2,1-2H3;4-8H,3,9H2,1-2H3;3-8H,2,9H2,1H3;2-7H,8H2,1H3;2-6H,7H2,1H3;2-5H,6H2,1H3/b;16-9?,17-10+;;;;;;. The first-order valence-electron chi connectivity index (χ1n) is 39.8. The molecule has 0 aliphatic rings. The summed E-state index contributed by atoms with van der Waals surface area (Å²) in [5.74, 6) is -2.84. The Bertz CT molecular complexity index is 4580. The summed E-state index contributed by atoms with van der Waals surface area (Å²) in [6, 6.07) is 60.6. The first-order valence-corrected chi connectivity index (χ1v) is 41.5. The van der Waals surface area contributed by atoms with E-state index in [-0.39, 0.29) is 100 Å². The molecule has 6 aromatic carbocycles. The van der Waals surface area contributed by atoms with Crippen molar-refractivity contribution in [1.29, 1.82) is 0 Å². The first kappa shape index (κ1) is 111. The summed E-state index contributed by atoms with van der Waals surface area (Å²) in [5, 5.41) is 5.75. The molecule has 8 rings (SSSR count). The van der Waals surface area contributed by atoms with Crippen molar-refractivity contribution in [2.75, 3.05) is 120 Å². The van der Waals surface area contributed by atoms with Gasteiger partial charge in [-0.25, -0.2) is 15.0 Å². The van der Waals surface area contributed by atoms with Gasteiger partial charge in [0.1, 0.15) is 45.8 Å². The Morgan fingerprint density at radius 1 is 0.354 bits per heavy atom. The fourth-order valence-electron chi connectivity index (χ4n) is 8.52. The minimum atomic E-state index is -0.618. The fraction of sp³-hybridized carbons (Fsp3) is 0.298. The number of esters is 8. The second-order valence-electron chi connectivity index (χ2n) is 24.4.